The van der Waals surface area contributed by atoms with Gasteiger partial charge in [0.15, 0.2) is 0 Å². The van der Waals surface area contributed by atoms with Gasteiger partial charge in [-0.05, 0) is 20.3 Å². The molecule has 0 heterocycles. The van der Waals surface area contributed by atoms with Crippen LogP contribution in [0.3, 0.4) is 0 Å². The van der Waals surface area contributed by atoms with Gasteiger partial charge in [-0.25, -0.2) is 0 Å². The lowest BCUT2D eigenvalue weighted by Crippen LogP contribution is -2.22. The molecule has 0 saturated carbocycles. The lowest BCUT2D eigenvalue weighted by atomic mass is 9.95. The van der Waals surface area contributed by atoms with Crippen LogP contribution in [0.15, 0.2) is 12.7 Å². The monoisotopic (exact) mass is 142 g/mol. The summed E-state index contributed by atoms with van der Waals surface area (Å²) >= 11 is 0. The molecule has 58 valence electrons. The highest BCUT2D eigenvalue weighted by molar-refractivity contribution is 5.56. The topological polar surface area (TPSA) is 37.3 Å². The Morgan fingerprint density at radius 3 is 2.30 bits per heavy atom. The highest BCUT2D eigenvalue weighted by atomic mass is 16.3. The predicted molar refractivity (Wildman–Crippen MR) is 40.7 cm³/mol. The molecular formula is C8H14O2. The third-order valence-corrected chi connectivity index (χ3v) is 1.21. The van der Waals surface area contributed by atoms with Crippen molar-refractivity contribution in [2.75, 3.05) is 0 Å². The van der Waals surface area contributed by atoms with Crippen molar-refractivity contribution in [2.24, 2.45) is 5.92 Å². The van der Waals surface area contributed by atoms with Crippen LogP contribution in [0.1, 0.15) is 20.3 Å². The highest BCUT2D eigenvalue weighted by Gasteiger charge is 2.17. The van der Waals surface area contributed by atoms with E-state index in [0.717, 1.165) is 6.29 Å². The third-order valence-electron chi connectivity index (χ3n) is 1.21. The number of carbonyl (C=O) groups excluding carboxylic acids is 1. The van der Waals surface area contributed by atoms with Crippen LogP contribution < -0.4 is 0 Å². The SMILES string of the molecule is C=CC(C=O)CC(C)(C)O. The maximum Gasteiger partial charge on any atom is 0.126 e. The molecule has 0 fully saturated rings. The molecule has 0 aliphatic carbocycles. The number of carbonyl (C=O) groups is 1. The summed E-state index contributed by atoms with van der Waals surface area (Å²) in [7, 11) is 0. The van der Waals surface area contributed by atoms with Crippen LogP contribution in [0.4, 0.5) is 0 Å². The molecule has 0 amide bonds. The molecule has 1 unspecified atom stereocenters. The molecule has 0 aromatic heterocycles. The molecule has 0 radical (unpaired) electrons. The Labute approximate surface area is 61.6 Å². The standard InChI is InChI=1S/C8H14O2/c1-4-7(6-9)5-8(2,3)10/h4,6-7,10H,1,5H2,2-3H3. The molecule has 0 aromatic rings. The van der Waals surface area contributed by atoms with Gasteiger partial charge in [0.2, 0.25) is 0 Å². The number of rotatable bonds is 4. The maximum atomic E-state index is 10.2. The summed E-state index contributed by atoms with van der Waals surface area (Å²) in [6, 6.07) is 0. The van der Waals surface area contributed by atoms with Gasteiger partial charge in [-0.2, -0.15) is 0 Å². The quantitative estimate of drug-likeness (QED) is 0.472. The summed E-state index contributed by atoms with van der Waals surface area (Å²) in [5, 5.41) is 9.24. The zero-order chi connectivity index (χ0) is 8.20. The van der Waals surface area contributed by atoms with Crippen molar-refractivity contribution in [1.29, 1.82) is 0 Å². The van der Waals surface area contributed by atoms with Gasteiger partial charge in [0.25, 0.3) is 0 Å². The lowest BCUT2D eigenvalue weighted by Gasteiger charge is -2.18. The van der Waals surface area contributed by atoms with Crippen LogP contribution >= 0.6 is 0 Å². The van der Waals surface area contributed by atoms with Gasteiger partial charge in [-0.1, -0.05) is 6.08 Å². The normalized spacial score (nSPS) is 14.3. The van der Waals surface area contributed by atoms with Crippen molar-refractivity contribution in [2.45, 2.75) is 25.9 Å². The highest BCUT2D eigenvalue weighted by Crippen LogP contribution is 2.14. The van der Waals surface area contributed by atoms with E-state index >= 15 is 0 Å². The van der Waals surface area contributed by atoms with Crippen molar-refractivity contribution >= 4 is 6.29 Å². The average Bonchev–Trinajstić information content (AvgIpc) is 1.81. The molecule has 0 aliphatic rings. The molecule has 0 saturated heterocycles. The molecule has 0 aliphatic heterocycles. The first-order valence-electron chi connectivity index (χ1n) is 3.30. The van der Waals surface area contributed by atoms with Crippen LogP contribution in [-0.4, -0.2) is 17.0 Å². The Bertz CT molecular complexity index is 114. The van der Waals surface area contributed by atoms with Crippen molar-refractivity contribution in [1.82, 2.24) is 0 Å². The molecule has 2 heteroatoms. The number of aliphatic hydroxyl groups is 1. The molecular weight excluding hydrogens is 128 g/mol. The Morgan fingerprint density at radius 2 is 2.20 bits per heavy atom. The van der Waals surface area contributed by atoms with Gasteiger partial charge < -0.3 is 9.90 Å². The lowest BCUT2D eigenvalue weighted by molar-refractivity contribution is -0.111. The molecule has 0 aromatic carbocycles. The van der Waals surface area contributed by atoms with E-state index in [2.05, 4.69) is 6.58 Å². The van der Waals surface area contributed by atoms with Gasteiger partial charge in [0.05, 0.1) is 5.60 Å². The number of aldehydes is 1. The first-order valence-corrected chi connectivity index (χ1v) is 3.30. The van der Waals surface area contributed by atoms with Crippen LogP contribution in [0, 0.1) is 5.92 Å². The van der Waals surface area contributed by atoms with Gasteiger partial charge in [-0.3, -0.25) is 0 Å². The zero-order valence-electron chi connectivity index (χ0n) is 6.50. The minimum atomic E-state index is -0.778. The summed E-state index contributed by atoms with van der Waals surface area (Å²) in [4.78, 5) is 10.2. The van der Waals surface area contributed by atoms with Crippen molar-refractivity contribution in [3.63, 3.8) is 0 Å². The fourth-order valence-corrected chi connectivity index (χ4v) is 0.764. The number of hydrogen-bond acceptors (Lipinski definition) is 2. The van der Waals surface area contributed by atoms with Crippen molar-refractivity contribution < 1.29 is 9.90 Å². The molecule has 0 spiro atoms. The van der Waals surface area contributed by atoms with Crippen LogP contribution in [0.5, 0.6) is 0 Å². The molecule has 2 nitrogen and oxygen atoms in total. The van der Waals surface area contributed by atoms with E-state index in [0.29, 0.717) is 6.42 Å². The number of allylic oxidation sites excluding steroid dienone is 1. The minimum absolute atomic E-state index is 0.222. The second-order valence-electron chi connectivity index (χ2n) is 3.05. The molecule has 1 N–H and O–H groups in total. The largest absolute Gasteiger partial charge is 0.390 e. The van der Waals surface area contributed by atoms with Crippen LogP contribution in [0.25, 0.3) is 0 Å². The Hall–Kier alpha value is -0.630. The summed E-state index contributed by atoms with van der Waals surface area (Å²) in [6.45, 7) is 6.82. The van der Waals surface area contributed by atoms with E-state index in [-0.39, 0.29) is 5.92 Å². The summed E-state index contributed by atoms with van der Waals surface area (Å²) in [5.74, 6) is -0.222. The van der Waals surface area contributed by atoms with Crippen molar-refractivity contribution in [3.8, 4) is 0 Å². The molecule has 1 atom stereocenters. The smallest absolute Gasteiger partial charge is 0.126 e. The van der Waals surface area contributed by atoms with Crippen LogP contribution in [-0.2, 0) is 4.79 Å². The molecule has 10 heavy (non-hydrogen) atoms. The minimum Gasteiger partial charge on any atom is -0.390 e. The second kappa shape index (κ2) is 3.52. The fraction of sp³-hybridized carbons (Fsp3) is 0.625. The first kappa shape index (κ1) is 9.37. The second-order valence-corrected chi connectivity index (χ2v) is 3.05. The average molecular weight is 142 g/mol. The van der Waals surface area contributed by atoms with Crippen LogP contribution in [0.2, 0.25) is 0 Å². The predicted octanol–water partition coefficient (Wildman–Crippen LogP) is 1.15. The Balaban J connectivity index is 3.85. The first-order chi connectivity index (χ1) is 4.49. The molecule has 0 rings (SSSR count). The van der Waals surface area contributed by atoms with E-state index in [1.807, 2.05) is 0 Å². The van der Waals surface area contributed by atoms with E-state index in [1.54, 1.807) is 19.9 Å². The number of hydrogen-bond donors (Lipinski definition) is 1. The van der Waals surface area contributed by atoms with Gasteiger partial charge >= 0.3 is 0 Å². The Morgan fingerprint density at radius 1 is 1.70 bits per heavy atom. The molecule has 0 bridgehead atoms. The summed E-state index contributed by atoms with van der Waals surface area (Å²) in [6.07, 6.45) is 2.79. The summed E-state index contributed by atoms with van der Waals surface area (Å²) in [5.41, 5.74) is -0.778. The van der Waals surface area contributed by atoms with E-state index in [4.69, 9.17) is 0 Å². The van der Waals surface area contributed by atoms with E-state index < -0.39 is 5.60 Å². The van der Waals surface area contributed by atoms with E-state index in [9.17, 15) is 9.90 Å². The van der Waals surface area contributed by atoms with Gasteiger partial charge in [0.1, 0.15) is 6.29 Å². The van der Waals surface area contributed by atoms with Crippen molar-refractivity contribution in [3.05, 3.63) is 12.7 Å². The third kappa shape index (κ3) is 4.27. The summed E-state index contributed by atoms with van der Waals surface area (Å²) < 4.78 is 0. The Kier molecular flexibility index (Phi) is 3.30. The fourth-order valence-electron chi connectivity index (χ4n) is 0.764. The van der Waals surface area contributed by atoms with Gasteiger partial charge in [0, 0.05) is 5.92 Å². The van der Waals surface area contributed by atoms with E-state index in [1.165, 1.54) is 0 Å². The zero-order valence-corrected chi connectivity index (χ0v) is 6.50. The van der Waals surface area contributed by atoms with Gasteiger partial charge in [-0.15, -0.1) is 6.58 Å². The maximum absolute atomic E-state index is 10.2.